The van der Waals surface area contributed by atoms with Gasteiger partial charge in [0.05, 0.1) is 18.8 Å². The Hall–Kier alpha value is -0.870. The molecule has 1 rings (SSSR count). The Kier molecular flexibility index (Phi) is 4.78. The molecule has 86 valence electrons. The average Bonchev–Trinajstić information content (AvgIpc) is 2.25. The maximum atomic E-state index is 10.9. The van der Waals surface area contributed by atoms with Crippen LogP contribution in [0.3, 0.4) is 0 Å². The van der Waals surface area contributed by atoms with Crippen molar-refractivity contribution in [1.82, 2.24) is 5.32 Å². The van der Waals surface area contributed by atoms with Gasteiger partial charge < -0.3 is 14.8 Å². The van der Waals surface area contributed by atoms with Crippen molar-refractivity contribution in [3.05, 3.63) is 12.7 Å². The number of rotatable bonds is 4. The van der Waals surface area contributed by atoms with E-state index in [0.717, 1.165) is 12.8 Å². The fourth-order valence-electron chi connectivity index (χ4n) is 1.60. The van der Waals surface area contributed by atoms with Crippen LogP contribution in [0.5, 0.6) is 0 Å². The predicted octanol–water partition coefficient (Wildman–Crippen LogP) is 1.22. The van der Waals surface area contributed by atoms with Crippen molar-refractivity contribution in [2.45, 2.75) is 45.2 Å². The van der Waals surface area contributed by atoms with Crippen LogP contribution in [0.15, 0.2) is 12.7 Å². The summed E-state index contributed by atoms with van der Waals surface area (Å²) in [5.74, 6) is -0.200. The van der Waals surface area contributed by atoms with E-state index in [-0.39, 0.29) is 24.4 Å². The lowest BCUT2D eigenvalue weighted by molar-refractivity contribution is -0.235. The first-order valence-electron chi connectivity index (χ1n) is 5.36. The van der Waals surface area contributed by atoms with Gasteiger partial charge in [-0.1, -0.05) is 13.5 Å². The lowest BCUT2D eigenvalue weighted by atomic mass is 10.1. The van der Waals surface area contributed by atoms with Gasteiger partial charge in [0.25, 0.3) is 0 Å². The van der Waals surface area contributed by atoms with Crippen LogP contribution in [0.4, 0.5) is 0 Å². The van der Waals surface area contributed by atoms with Crippen molar-refractivity contribution in [3.63, 3.8) is 0 Å². The molecular weight excluding hydrogens is 194 g/mol. The molecule has 0 saturated carbocycles. The molecule has 0 aromatic carbocycles. The smallest absolute Gasteiger partial charge is 0.243 e. The van der Waals surface area contributed by atoms with Crippen LogP contribution in [0.1, 0.15) is 26.7 Å². The Balaban J connectivity index is 2.34. The summed E-state index contributed by atoms with van der Waals surface area (Å²) < 4.78 is 11.2. The van der Waals surface area contributed by atoms with E-state index >= 15 is 0 Å². The van der Waals surface area contributed by atoms with Gasteiger partial charge in [-0.25, -0.2) is 0 Å². The molecule has 3 atom stereocenters. The van der Waals surface area contributed by atoms with Crippen LogP contribution < -0.4 is 5.32 Å². The summed E-state index contributed by atoms with van der Waals surface area (Å²) in [5, 5.41) is 2.66. The molecular formula is C11H19NO3. The average molecular weight is 213 g/mol. The van der Waals surface area contributed by atoms with E-state index in [1.807, 2.05) is 6.92 Å². The minimum Gasteiger partial charge on any atom is -0.348 e. The highest BCUT2D eigenvalue weighted by Gasteiger charge is 2.26. The third-order valence-electron chi connectivity index (χ3n) is 2.41. The summed E-state index contributed by atoms with van der Waals surface area (Å²) in [4.78, 5) is 10.9. The van der Waals surface area contributed by atoms with Crippen LogP contribution in [0, 0.1) is 0 Å². The highest BCUT2D eigenvalue weighted by atomic mass is 16.7. The van der Waals surface area contributed by atoms with Gasteiger partial charge in [-0.05, 0) is 25.8 Å². The lowest BCUT2D eigenvalue weighted by Gasteiger charge is -2.33. The highest BCUT2D eigenvalue weighted by Crippen LogP contribution is 2.19. The minimum atomic E-state index is -0.331. The van der Waals surface area contributed by atoms with E-state index in [9.17, 15) is 4.79 Å². The molecule has 1 saturated heterocycles. The monoisotopic (exact) mass is 213 g/mol. The van der Waals surface area contributed by atoms with E-state index < -0.39 is 0 Å². The third kappa shape index (κ3) is 4.01. The first kappa shape index (κ1) is 12.2. The highest BCUT2D eigenvalue weighted by molar-refractivity contribution is 5.86. The van der Waals surface area contributed by atoms with Crippen molar-refractivity contribution < 1.29 is 14.3 Å². The lowest BCUT2D eigenvalue weighted by Crippen LogP contribution is -2.43. The van der Waals surface area contributed by atoms with Crippen LogP contribution in [-0.4, -0.2) is 30.9 Å². The summed E-state index contributed by atoms with van der Waals surface area (Å²) in [6.07, 6.45) is 3.22. The second-order valence-electron chi connectivity index (χ2n) is 3.73. The molecule has 1 heterocycles. The van der Waals surface area contributed by atoms with E-state index in [2.05, 4.69) is 18.8 Å². The summed E-state index contributed by atoms with van der Waals surface area (Å²) in [6.45, 7) is 7.86. The van der Waals surface area contributed by atoms with Crippen LogP contribution in [-0.2, 0) is 14.3 Å². The standard InChI is InChI=1S/C11H19NO3/c1-4-9-6-8(3)14-11(15-9)7-12-10(13)5-2/h5,8-9,11H,2,4,6-7H2,1,3H3,(H,12,13). The number of nitrogens with one attached hydrogen (secondary N) is 1. The Labute approximate surface area is 90.6 Å². The Morgan fingerprint density at radius 3 is 2.93 bits per heavy atom. The Bertz CT molecular complexity index is 230. The predicted molar refractivity (Wildman–Crippen MR) is 57.3 cm³/mol. The molecule has 1 aliphatic heterocycles. The fraction of sp³-hybridized carbons (Fsp3) is 0.727. The molecule has 0 radical (unpaired) electrons. The van der Waals surface area contributed by atoms with Gasteiger partial charge in [0.15, 0.2) is 6.29 Å². The summed E-state index contributed by atoms with van der Waals surface area (Å²) >= 11 is 0. The van der Waals surface area contributed by atoms with Crippen molar-refractivity contribution in [2.24, 2.45) is 0 Å². The molecule has 1 fully saturated rings. The number of carbonyl (C=O) groups is 1. The summed E-state index contributed by atoms with van der Waals surface area (Å²) in [5.41, 5.74) is 0. The third-order valence-corrected chi connectivity index (χ3v) is 2.41. The van der Waals surface area contributed by atoms with Crippen molar-refractivity contribution in [3.8, 4) is 0 Å². The molecule has 3 unspecified atom stereocenters. The second kappa shape index (κ2) is 5.88. The van der Waals surface area contributed by atoms with E-state index in [0.29, 0.717) is 6.54 Å². The largest absolute Gasteiger partial charge is 0.348 e. The van der Waals surface area contributed by atoms with Crippen LogP contribution in [0.2, 0.25) is 0 Å². The van der Waals surface area contributed by atoms with Gasteiger partial charge in [-0.15, -0.1) is 0 Å². The molecule has 1 amide bonds. The van der Waals surface area contributed by atoms with Gasteiger partial charge >= 0.3 is 0 Å². The quantitative estimate of drug-likeness (QED) is 0.714. The Morgan fingerprint density at radius 2 is 2.33 bits per heavy atom. The van der Waals surface area contributed by atoms with Gasteiger partial charge in [0.1, 0.15) is 0 Å². The number of carbonyl (C=O) groups excluding carboxylic acids is 1. The number of ether oxygens (including phenoxy) is 2. The maximum absolute atomic E-state index is 10.9. The SMILES string of the molecule is C=CC(=O)NCC1OC(C)CC(CC)O1. The Morgan fingerprint density at radius 1 is 1.60 bits per heavy atom. The molecule has 1 N–H and O–H groups in total. The fourth-order valence-corrected chi connectivity index (χ4v) is 1.60. The molecule has 0 spiro atoms. The van der Waals surface area contributed by atoms with Gasteiger partial charge in [-0.2, -0.15) is 0 Å². The van der Waals surface area contributed by atoms with Gasteiger partial charge in [0.2, 0.25) is 5.91 Å². The topological polar surface area (TPSA) is 47.6 Å². The summed E-state index contributed by atoms with van der Waals surface area (Å²) in [6, 6.07) is 0. The van der Waals surface area contributed by atoms with Crippen LogP contribution in [0.25, 0.3) is 0 Å². The zero-order chi connectivity index (χ0) is 11.3. The van der Waals surface area contributed by atoms with Crippen molar-refractivity contribution in [1.29, 1.82) is 0 Å². The first-order valence-corrected chi connectivity index (χ1v) is 5.36. The minimum absolute atomic E-state index is 0.189. The number of hydrogen-bond acceptors (Lipinski definition) is 3. The van der Waals surface area contributed by atoms with Crippen LogP contribution >= 0.6 is 0 Å². The van der Waals surface area contributed by atoms with E-state index in [1.54, 1.807) is 0 Å². The molecule has 4 nitrogen and oxygen atoms in total. The molecule has 0 bridgehead atoms. The van der Waals surface area contributed by atoms with Gasteiger partial charge in [0, 0.05) is 0 Å². The maximum Gasteiger partial charge on any atom is 0.243 e. The second-order valence-corrected chi connectivity index (χ2v) is 3.73. The number of amides is 1. The van der Waals surface area contributed by atoms with E-state index in [1.165, 1.54) is 6.08 Å². The first-order chi connectivity index (χ1) is 7.15. The zero-order valence-corrected chi connectivity index (χ0v) is 9.36. The molecule has 0 aliphatic carbocycles. The summed E-state index contributed by atoms with van der Waals surface area (Å²) in [7, 11) is 0. The van der Waals surface area contributed by atoms with Crippen molar-refractivity contribution in [2.75, 3.05) is 6.54 Å². The molecule has 0 aromatic rings. The number of hydrogen-bond donors (Lipinski definition) is 1. The molecule has 1 aliphatic rings. The normalized spacial score (nSPS) is 30.9. The molecule has 0 aromatic heterocycles. The zero-order valence-electron chi connectivity index (χ0n) is 9.36. The molecule has 15 heavy (non-hydrogen) atoms. The van der Waals surface area contributed by atoms with Gasteiger partial charge in [-0.3, -0.25) is 4.79 Å². The van der Waals surface area contributed by atoms with Crippen molar-refractivity contribution >= 4 is 5.91 Å². The van der Waals surface area contributed by atoms with E-state index in [4.69, 9.17) is 9.47 Å². The molecule has 4 heteroatoms.